The van der Waals surface area contributed by atoms with Gasteiger partial charge in [0, 0.05) is 25.2 Å². The Morgan fingerprint density at radius 3 is 2.62 bits per heavy atom. The highest BCUT2D eigenvalue weighted by atomic mass is 35.5. The summed E-state index contributed by atoms with van der Waals surface area (Å²) in [5.41, 5.74) is 3.58. The maximum atomic E-state index is 13.1. The summed E-state index contributed by atoms with van der Waals surface area (Å²) in [6.45, 7) is 7.15. The highest BCUT2D eigenvalue weighted by Crippen LogP contribution is 2.49. The van der Waals surface area contributed by atoms with Crippen molar-refractivity contribution in [2.24, 2.45) is 0 Å². The molecule has 4 aliphatic rings. The number of aromatic nitrogens is 4. The molecule has 5 heterocycles. The Morgan fingerprint density at radius 2 is 1.80 bits per heavy atom. The SMILES string of the molecule is CC1(C)O[C@@H]2[C@H](O1)[C@@H](COCP(C)(=O)Oc1ccccc1)O[C@H]2n1ncc2c(N3CC4(CCc5ccccc54)C3)nc(Cl)nc21. The van der Waals surface area contributed by atoms with E-state index in [-0.39, 0.29) is 23.7 Å². The van der Waals surface area contributed by atoms with Crippen molar-refractivity contribution >= 4 is 35.8 Å². The predicted octanol–water partition coefficient (Wildman–Crippen LogP) is 5.56. The monoisotopic (exact) mass is 651 g/mol. The normalized spacial score (nSPS) is 27.3. The van der Waals surface area contributed by atoms with E-state index >= 15 is 0 Å². The van der Waals surface area contributed by atoms with Crippen LogP contribution in [-0.2, 0) is 35.3 Å². The van der Waals surface area contributed by atoms with Crippen molar-refractivity contribution < 1.29 is 28.0 Å². The fraction of sp³-hybridized carbons (Fsp3) is 0.469. The number of anilines is 1. The van der Waals surface area contributed by atoms with Gasteiger partial charge in [-0.25, -0.2) is 4.68 Å². The number of ether oxygens (including phenoxy) is 4. The zero-order valence-electron chi connectivity index (χ0n) is 25.3. The van der Waals surface area contributed by atoms with Crippen LogP contribution in [0, 0.1) is 0 Å². The summed E-state index contributed by atoms with van der Waals surface area (Å²) in [4.78, 5) is 11.5. The fourth-order valence-electron chi connectivity index (χ4n) is 7.29. The minimum atomic E-state index is -3.07. The van der Waals surface area contributed by atoms with Gasteiger partial charge in [-0.05, 0) is 61.5 Å². The third-order valence-electron chi connectivity index (χ3n) is 9.17. The summed E-state index contributed by atoms with van der Waals surface area (Å²) in [6, 6.07) is 17.8. The molecule has 0 saturated carbocycles. The van der Waals surface area contributed by atoms with E-state index < -0.39 is 37.7 Å². The number of rotatable bonds is 8. The molecule has 5 atom stereocenters. The summed E-state index contributed by atoms with van der Waals surface area (Å²) in [5.74, 6) is 0.461. The smallest absolute Gasteiger partial charge is 0.269 e. The molecule has 236 valence electrons. The first-order chi connectivity index (χ1) is 21.6. The lowest BCUT2D eigenvalue weighted by molar-refractivity contribution is -0.202. The minimum absolute atomic E-state index is 0.0766. The number of halogens is 1. The second kappa shape index (κ2) is 10.8. The number of benzene rings is 2. The van der Waals surface area contributed by atoms with Crippen molar-refractivity contribution in [3.8, 4) is 5.75 Å². The first kappa shape index (κ1) is 29.4. The molecule has 3 fully saturated rings. The van der Waals surface area contributed by atoms with E-state index in [1.54, 1.807) is 29.7 Å². The molecule has 13 heteroatoms. The Kier molecular flexibility index (Phi) is 7.02. The molecule has 1 unspecified atom stereocenters. The average Bonchev–Trinajstić information content (AvgIpc) is 3.73. The second-order valence-corrected chi connectivity index (χ2v) is 15.8. The quantitative estimate of drug-likeness (QED) is 0.177. The number of aryl methyl sites for hydroxylation is 1. The van der Waals surface area contributed by atoms with Crippen molar-refractivity contribution in [2.75, 3.05) is 37.6 Å². The van der Waals surface area contributed by atoms with Crippen LogP contribution in [0.25, 0.3) is 11.0 Å². The highest BCUT2D eigenvalue weighted by Gasteiger charge is 2.57. The van der Waals surface area contributed by atoms with Gasteiger partial charge in [0.05, 0.1) is 18.2 Å². The van der Waals surface area contributed by atoms with E-state index in [1.807, 2.05) is 32.0 Å². The Balaban J connectivity index is 1.01. The van der Waals surface area contributed by atoms with Gasteiger partial charge < -0.3 is 28.4 Å². The third kappa shape index (κ3) is 5.23. The average molecular weight is 652 g/mol. The predicted molar refractivity (Wildman–Crippen MR) is 168 cm³/mol. The number of hydrogen-bond donors (Lipinski definition) is 0. The molecule has 0 bridgehead atoms. The Bertz CT molecular complexity index is 1800. The summed E-state index contributed by atoms with van der Waals surface area (Å²) in [7, 11) is -3.07. The molecule has 45 heavy (non-hydrogen) atoms. The molecule has 8 rings (SSSR count). The van der Waals surface area contributed by atoms with E-state index in [9.17, 15) is 4.57 Å². The zero-order valence-corrected chi connectivity index (χ0v) is 27.0. The van der Waals surface area contributed by atoms with E-state index in [4.69, 9.17) is 40.2 Å². The van der Waals surface area contributed by atoms with Gasteiger partial charge in [0.2, 0.25) is 5.28 Å². The minimum Gasteiger partial charge on any atom is -0.441 e. The molecule has 0 amide bonds. The van der Waals surface area contributed by atoms with Crippen LogP contribution in [-0.4, -0.2) is 76.6 Å². The molecule has 2 aromatic carbocycles. The van der Waals surface area contributed by atoms with Crippen LogP contribution in [0.15, 0.2) is 60.8 Å². The summed E-state index contributed by atoms with van der Waals surface area (Å²) < 4.78 is 45.5. The lowest BCUT2D eigenvalue weighted by Gasteiger charge is -2.49. The van der Waals surface area contributed by atoms with E-state index in [0.717, 1.165) is 37.1 Å². The molecule has 1 spiro atoms. The van der Waals surface area contributed by atoms with E-state index in [1.165, 1.54) is 11.1 Å². The van der Waals surface area contributed by atoms with Crippen LogP contribution in [0.5, 0.6) is 5.75 Å². The highest BCUT2D eigenvalue weighted by molar-refractivity contribution is 7.58. The Labute approximate surface area is 266 Å². The van der Waals surface area contributed by atoms with Crippen molar-refractivity contribution in [1.82, 2.24) is 19.7 Å². The first-order valence-corrected chi connectivity index (χ1v) is 17.9. The van der Waals surface area contributed by atoms with Gasteiger partial charge in [0.1, 0.15) is 36.2 Å². The molecule has 0 radical (unpaired) electrons. The summed E-state index contributed by atoms with van der Waals surface area (Å²) >= 11 is 6.53. The largest absolute Gasteiger partial charge is 0.441 e. The molecule has 4 aromatic rings. The van der Waals surface area contributed by atoms with Crippen LogP contribution >= 0.6 is 19.0 Å². The number of para-hydroxylation sites is 1. The van der Waals surface area contributed by atoms with Gasteiger partial charge >= 0.3 is 0 Å². The van der Waals surface area contributed by atoms with Crippen molar-refractivity contribution in [3.63, 3.8) is 0 Å². The van der Waals surface area contributed by atoms with Crippen molar-refractivity contribution in [1.29, 1.82) is 0 Å². The molecule has 3 saturated heterocycles. The molecule has 2 aromatic heterocycles. The van der Waals surface area contributed by atoms with Gasteiger partial charge in [-0.3, -0.25) is 4.57 Å². The van der Waals surface area contributed by atoms with Crippen molar-refractivity contribution in [2.45, 2.75) is 62.4 Å². The first-order valence-electron chi connectivity index (χ1n) is 15.2. The molecule has 3 aliphatic heterocycles. The van der Waals surface area contributed by atoms with Crippen LogP contribution in [0.4, 0.5) is 5.82 Å². The third-order valence-corrected chi connectivity index (χ3v) is 10.6. The van der Waals surface area contributed by atoms with E-state index in [2.05, 4.69) is 39.1 Å². The summed E-state index contributed by atoms with van der Waals surface area (Å²) in [6.07, 6.45) is 1.84. The van der Waals surface area contributed by atoms with Crippen LogP contribution in [0.2, 0.25) is 5.28 Å². The van der Waals surface area contributed by atoms with Crippen LogP contribution < -0.4 is 9.42 Å². The van der Waals surface area contributed by atoms with Gasteiger partial charge in [0.15, 0.2) is 17.7 Å². The lowest BCUT2D eigenvalue weighted by atomic mass is 9.75. The van der Waals surface area contributed by atoms with Gasteiger partial charge in [-0.1, -0.05) is 42.5 Å². The topological polar surface area (TPSA) is 110 Å². The van der Waals surface area contributed by atoms with Gasteiger partial charge in [0.25, 0.3) is 7.37 Å². The van der Waals surface area contributed by atoms with Crippen molar-refractivity contribution in [3.05, 3.63) is 77.2 Å². The maximum Gasteiger partial charge on any atom is 0.269 e. The fourth-order valence-corrected chi connectivity index (χ4v) is 8.51. The number of fused-ring (bicyclic) bond motifs is 4. The second-order valence-electron chi connectivity index (χ2n) is 13.0. The molecular weight excluding hydrogens is 617 g/mol. The number of nitrogens with zero attached hydrogens (tertiary/aromatic N) is 5. The zero-order chi connectivity index (χ0) is 31.0. The van der Waals surface area contributed by atoms with E-state index in [0.29, 0.717) is 11.4 Å². The van der Waals surface area contributed by atoms with Crippen LogP contribution in [0.3, 0.4) is 0 Å². The standard InChI is InChI=1S/C32H35ClN5O6P/c1-31(2)42-25-24(16-40-19-45(3,39)44-21-10-5-4-6-11-21)41-29(26(25)43-31)38-28-22(15-34-38)27(35-30(33)36-28)37-17-32(18-37)14-13-20-9-7-8-12-23(20)32/h4-12,15,24-26,29H,13-14,16-19H2,1-3H3/t24-,25-,26-,29-,45?/m1/s1. The molecule has 0 N–H and O–H groups in total. The Morgan fingerprint density at radius 1 is 1.04 bits per heavy atom. The molecular formula is C32H35ClN5O6P. The number of hydrogen-bond acceptors (Lipinski definition) is 10. The maximum absolute atomic E-state index is 13.1. The lowest BCUT2D eigenvalue weighted by Crippen LogP contribution is -2.58. The molecule has 1 aliphatic carbocycles. The van der Waals surface area contributed by atoms with Gasteiger partial charge in [-0.2, -0.15) is 15.1 Å². The van der Waals surface area contributed by atoms with Gasteiger partial charge in [-0.15, -0.1) is 0 Å². The molecule has 11 nitrogen and oxygen atoms in total. The Hall–Kier alpha value is -3.05. The van der Waals surface area contributed by atoms with Crippen LogP contribution in [0.1, 0.15) is 37.6 Å². The summed E-state index contributed by atoms with van der Waals surface area (Å²) in [5, 5.41) is 5.65.